The summed E-state index contributed by atoms with van der Waals surface area (Å²) in [6.45, 7) is 9.07. The van der Waals surface area contributed by atoms with E-state index in [2.05, 4.69) is 111 Å². The second-order valence-electron chi connectivity index (χ2n) is 20.0. The molecular formula is C51H68N10O12P2. The van der Waals surface area contributed by atoms with Crippen LogP contribution in [0.2, 0.25) is 0 Å². The number of aromatic nitrogens is 4. The Labute approximate surface area is 435 Å². The molecule has 0 saturated carbocycles. The third-order valence-corrected chi connectivity index (χ3v) is 15.3. The van der Waals surface area contributed by atoms with Crippen molar-refractivity contribution in [3.05, 3.63) is 105 Å². The first-order valence-electron chi connectivity index (χ1n) is 25.3. The lowest BCUT2D eigenvalue weighted by Gasteiger charge is -2.36. The highest BCUT2D eigenvalue weighted by molar-refractivity contribution is 7.46. The maximum atomic E-state index is 14.5. The second kappa shape index (κ2) is 22.9. The fraction of sp³-hybridized carbons (Fsp3) is 0.490. The topological polar surface area (TPSA) is 303 Å². The number of phosphoric ester groups is 2. The largest absolute Gasteiger partial charge is 0.756 e. The standard InChI is InChI=1S/C51H68N10O12P2/c1-7-60-25-14-16-31-26-36-38(28-39(31)60)51(2,3)37-27-32(58(4)5)20-21-35(37)42(36)33-17-10-11-18-34(33)48(64)59(6)24-15-19-41(62)53-22-12-8-9-13-23-54-50-57-43-46(52)55-30-56-47(43)61(50)49-45(73-75(68,69)70)44(63)40(72-49)29-71-74(65,66)67/h10-11,17-18,20-21,26-28,30,40,44-45,49,52,63H,7-9,12-16,19,22-25,29H2,1-6H3,(H6,53,62,64,65,66,67,68,69,70)/t40-,44-,45-,49-/m1/s1. The van der Waals surface area contributed by atoms with Gasteiger partial charge in [0, 0.05) is 81.9 Å². The minimum absolute atomic E-state index is 0.0270. The summed E-state index contributed by atoms with van der Waals surface area (Å²) in [7, 11) is -4.63. The summed E-state index contributed by atoms with van der Waals surface area (Å²) < 4.78 is 42.1. The number of carbonyl (C=O) groups excluding carboxylic acids is 2. The van der Waals surface area contributed by atoms with Gasteiger partial charge < -0.3 is 60.1 Å². The van der Waals surface area contributed by atoms with E-state index in [1.54, 1.807) is 11.9 Å². The molecule has 1 aliphatic carbocycles. The van der Waals surface area contributed by atoms with Crippen LogP contribution in [0.3, 0.4) is 0 Å². The number of aliphatic hydroxyl groups excluding tert-OH is 1. The van der Waals surface area contributed by atoms with Crippen molar-refractivity contribution in [3.63, 3.8) is 0 Å². The Morgan fingerprint density at radius 2 is 1.73 bits per heavy atom. The predicted octanol–water partition coefficient (Wildman–Crippen LogP) is 2.67. The molecule has 1 fully saturated rings. The molecular weight excluding hydrogens is 1010 g/mol. The monoisotopic (exact) mass is 1070 g/mol. The van der Waals surface area contributed by atoms with Crippen LogP contribution in [0.25, 0.3) is 16.7 Å². The van der Waals surface area contributed by atoms with Crippen molar-refractivity contribution >= 4 is 61.7 Å². The summed E-state index contributed by atoms with van der Waals surface area (Å²) in [6.07, 6.45) is 0.0760. The minimum atomic E-state index is -5.26. The van der Waals surface area contributed by atoms with Crippen molar-refractivity contribution in [1.82, 2.24) is 34.3 Å². The van der Waals surface area contributed by atoms with Crippen molar-refractivity contribution in [3.8, 4) is 0 Å². The number of aliphatic hydroxyl groups is 1. The van der Waals surface area contributed by atoms with E-state index >= 15 is 0 Å². The van der Waals surface area contributed by atoms with Crippen molar-refractivity contribution in [2.75, 3.05) is 76.4 Å². The molecule has 24 heteroatoms. The van der Waals surface area contributed by atoms with E-state index in [0.29, 0.717) is 44.5 Å². The summed E-state index contributed by atoms with van der Waals surface area (Å²) in [6, 6.07) is 19.3. The van der Waals surface area contributed by atoms with Crippen molar-refractivity contribution < 1.29 is 57.2 Å². The van der Waals surface area contributed by atoms with Gasteiger partial charge in [-0.05, 0) is 89.9 Å². The van der Waals surface area contributed by atoms with E-state index in [4.69, 9.17) is 19.9 Å². The van der Waals surface area contributed by atoms with Gasteiger partial charge in [0.05, 0.1) is 6.61 Å². The van der Waals surface area contributed by atoms with Gasteiger partial charge in [0.25, 0.3) is 13.7 Å². The highest BCUT2D eigenvalue weighted by atomic mass is 31.2. The molecule has 0 radical (unpaired) electrons. The number of fused-ring (bicyclic) bond motifs is 4. The number of rotatable bonds is 22. The Morgan fingerprint density at radius 1 is 0.987 bits per heavy atom. The summed E-state index contributed by atoms with van der Waals surface area (Å²) >= 11 is 0. The van der Waals surface area contributed by atoms with Gasteiger partial charge in [-0.25, -0.2) is 24.1 Å². The molecule has 3 aliphatic rings. The van der Waals surface area contributed by atoms with Crippen LogP contribution in [0.4, 0.5) is 17.5 Å². The number of hydrogen-bond acceptors (Lipinski definition) is 15. The highest BCUT2D eigenvalue weighted by Crippen LogP contribution is 2.47. The lowest BCUT2D eigenvalue weighted by Crippen LogP contribution is -2.43. The summed E-state index contributed by atoms with van der Waals surface area (Å²) in [4.78, 5) is 83.6. The molecule has 75 heavy (non-hydrogen) atoms. The summed E-state index contributed by atoms with van der Waals surface area (Å²) in [5.41, 5.74) is 14.5. The summed E-state index contributed by atoms with van der Waals surface area (Å²) in [5.74, 6) is -0.180. The van der Waals surface area contributed by atoms with Crippen LogP contribution in [0.1, 0.15) is 110 Å². The van der Waals surface area contributed by atoms with Crippen LogP contribution in [0.5, 0.6) is 0 Å². The van der Waals surface area contributed by atoms with E-state index in [0.717, 1.165) is 72.7 Å². The molecule has 1 unspecified atom stereocenters. The van der Waals surface area contributed by atoms with Crippen molar-refractivity contribution in [1.29, 1.82) is 0 Å². The Balaban J connectivity index is 0.858. The van der Waals surface area contributed by atoms with Crippen LogP contribution in [0, 0.1) is 0 Å². The van der Waals surface area contributed by atoms with Crippen LogP contribution in [-0.2, 0) is 39.5 Å². The fourth-order valence-corrected chi connectivity index (χ4v) is 11.4. The van der Waals surface area contributed by atoms with Crippen molar-refractivity contribution in [2.45, 2.75) is 102 Å². The molecule has 2 amide bonds. The number of phosphoric acid groups is 2. The lowest BCUT2D eigenvalue weighted by atomic mass is 9.68. The molecule has 4 heterocycles. The number of nitrogen functional groups attached to an aromatic ring is 1. The quantitative estimate of drug-likeness (QED) is 0.0298. The number of carbonyl (C=O) groups is 2. The molecule has 1 saturated heterocycles. The summed E-state index contributed by atoms with van der Waals surface area (Å²) in [5, 5.41) is 19.5. The van der Waals surface area contributed by atoms with Gasteiger partial charge in [0.1, 0.15) is 37.7 Å². The molecule has 22 nitrogen and oxygen atoms in total. The molecule has 2 aromatic heterocycles. The molecule has 3 aromatic carbocycles. The van der Waals surface area contributed by atoms with E-state index in [9.17, 15) is 38.5 Å². The number of unbranched alkanes of at least 4 members (excludes halogenated alkanes) is 3. The van der Waals surface area contributed by atoms with E-state index in [-0.39, 0.29) is 46.6 Å². The van der Waals surface area contributed by atoms with E-state index in [1.165, 1.54) is 26.6 Å². The number of hydrogen-bond donors (Lipinski definition) is 7. The number of nitrogens with one attached hydrogen (secondary N) is 2. The molecule has 8 rings (SSSR count). The molecule has 0 bridgehead atoms. The highest BCUT2D eigenvalue weighted by Gasteiger charge is 2.50. The Morgan fingerprint density at radius 3 is 2.45 bits per heavy atom. The van der Waals surface area contributed by atoms with Gasteiger partial charge in [-0.2, -0.15) is 0 Å². The Kier molecular flexibility index (Phi) is 17.0. The molecule has 8 N–H and O–H groups in total. The third-order valence-electron chi connectivity index (χ3n) is 14.3. The Hall–Kier alpha value is -5.64. The van der Waals surface area contributed by atoms with Gasteiger partial charge in [0.15, 0.2) is 23.2 Å². The smallest absolute Gasteiger partial charge is 0.470 e. The zero-order chi connectivity index (χ0) is 54.0. The number of imidazole rings is 1. The molecule has 2 aliphatic heterocycles. The predicted molar refractivity (Wildman–Crippen MR) is 280 cm³/mol. The number of ether oxygens (including phenoxy) is 1. The number of aryl methyl sites for hydroxylation is 1. The number of benzene rings is 3. The van der Waals surface area contributed by atoms with E-state index < -0.39 is 46.8 Å². The Bertz CT molecular complexity index is 3180. The maximum Gasteiger partial charge on any atom is 0.470 e. The minimum Gasteiger partial charge on any atom is -0.756 e. The van der Waals surface area contributed by atoms with Crippen LogP contribution >= 0.6 is 15.6 Å². The number of nitrogens with two attached hydrogens (primary N) is 1. The van der Waals surface area contributed by atoms with E-state index in [1.807, 2.05) is 18.2 Å². The fourth-order valence-electron chi connectivity index (χ4n) is 10.5. The molecule has 404 valence electrons. The normalized spacial score (nSPS) is 19.8. The number of nitrogens with zero attached hydrogens (tertiary/aromatic N) is 7. The average Bonchev–Trinajstić information content (AvgIpc) is 3.88. The first kappa shape index (κ1) is 55.6. The van der Waals surface area contributed by atoms with Gasteiger partial charge in [-0.3, -0.25) is 23.2 Å². The van der Waals surface area contributed by atoms with Crippen molar-refractivity contribution in [2.24, 2.45) is 0 Å². The lowest BCUT2D eigenvalue weighted by molar-refractivity contribution is -0.222. The van der Waals surface area contributed by atoms with Gasteiger partial charge >= 0.3 is 7.82 Å². The zero-order valence-corrected chi connectivity index (χ0v) is 44.9. The zero-order valence-electron chi connectivity index (χ0n) is 43.1. The molecule has 5 aromatic rings. The van der Waals surface area contributed by atoms with Gasteiger partial charge in [-0.15, -0.1) is 0 Å². The maximum absolute atomic E-state index is 14.5. The first-order valence-corrected chi connectivity index (χ1v) is 28.3. The van der Waals surface area contributed by atoms with Crippen LogP contribution in [0.15, 0.2) is 60.9 Å². The van der Waals surface area contributed by atoms with Crippen LogP contribution < -0.4 is 41.3 Å². The number of amides is 2. The molecule has 5 atom stereocenters. The first-order chi connectivity index (χ1) is 35.6. The third kappa shape index (κ3) is 12.3. The average molecular weight is 1080 g/mol. The number of anilines is 3. The van der Waals surface area contributed by atoms with Gasteiger partial charge in [-0.1, -0.05) is 51.0 Å². The molecule has 0 spiro atoms. The second-order valence-corrected chi connectivity index (χ2v) is 22.4. The van der Waals surface area contributed by atoms with Crippen LogP contribution in [-0.4, -0.2) is 135 Å². The SMILES string of the molecule is CC[N+]1=c2cc3c(cc2CCC1)=C(c1ccccc1C(=O)N(C)CCCC(=O)NCCCCCCNc1nc2c(N)ncnc2n1[C@@H]1O[C@H](COP(=O)([O-])O)[C@@H](O)[C@H]1OP(=O)(O)O)c1ccc(N(C)C)cc1C3(C)C. The van der Waals surface area contributed by atoms with Gasteiger partial charge in [0.2, 0.25) is 17.2 Å².